The number of allylic oxidation sites excluding steroid dienone is 1. The Morgan fingerprint density at radius 1 is 1.12 bits per heavy atom. The van der Waals surface area contributed by atoms with E-state index < -0.39 is 0 Å². The van der Waals surface area contributed by atoms with Crippen molar-refractivity contribution in [1.82, 2.24) is 4.90 Å². The third-order valence-electron chi connectivity index (χ3n) is 6.07. The van der Waals surface area contributed by atoms with Gasteiger partial charge in [0, 0.05) is 30.8 Å². The average molecular weight is 468 g/mol. The highest BCUT2D eigenvalue weighted by Gasteiger charge is 2.25. The average Bonchev–Trinajstić information content (AvgIpc) is 3.28. The van der Waals surface area contributed by atoms with Gasteiger partial charge in [-0.15, -0.1) is 11.3 Å². The number of anilines is 1. The number of likely N-dealkylation sites (tertiary alicyclic amines) is 1. The van der Waals surface area contributed by atoms with E-state index in [-0.39, 0.29) is 12.1 Å². The second-order valence-corrected chi connectivity index (χ2v) is 9.32. The summed E-state index contributed by atoms with van der Waals surface area (Å²) in [4.78, 5) is 17.5. The largest absolute Gasteiger partial charge is 0.493 e. The Hall–Kier alpha value is -3.02. The topological polar surface area (TPSA) is 75.0 Å². The maximum atomic E-state index is 12.1. The first-order chi connectivity index (χ1) is 16.1. The number of ether oxygens (including phenoxy) is 3. The van der Waals surface area contributed by atoms with Crippen LogP contribution in [0.5, 0.6) is 11.5 Å². The first kappa shape index (κ1) is 23.1. The molecule has 0 spiro atoms. The Bertz CT molecular complexity index is 1050. The number of methoxy groups -OCH3 is 2. The number of hydrogen-bond donors (Lipinski definition) is 0. The summed E-state index contributed by atoms with van der Waals surface area (Å²) in [5.41, 5.74) is 1.35. The molecule has 0 unspecified atom stereocenters. The van der Waals surface area contributed by atoms with Crippen molar-refractivity contribution in [2.75, 3.05) is 51.8 Å². The molecule has 4 rings (SSSR count). The number of rotatable bonds is 8. The van der Waals surface area contributed by atoms with Gasteiger partial charge in [-0.25, -0.2) is 0 Å². The number of esters is 1. The van der Waals surface area contributed by atoms with Crippen molar-refractivity contribution in [2.45, 2.75) is 25.4 Å². The van der Waals surface area contributed by atoms with E-state index in [0.29, 0.717) is 23.6 Å². The predicted octanol–water partition coefficient (Wildman–Crippen LogP) is 4.05. The van der Waals surface area contributed by atoms with Crippen LogP contribution in [0.25, 0.3) is 11.6 Å². The molecule has 2 fully saturated rings. The van der Waals surface area contributed by atoms with Crippen LogP contribution in [0.15, 0.2) is 30.3 Å². The molecule has 0 N–H and O–H groups in total. The van der Waals surface area contributed by atoms with Gasteiger partial charge >= 0.3 is 5.97 Å². The molecule has 0 saturated carbocycles. The van der Waals surface area contributed by atoms with Crippen molar-refractivity contribution in [3.63, 3.8) is 0 Å². The lowest BCUT2D eigenvalue weighted by Crippen LogP contribution is -2.43. The van der Waals surface area contributed by atoms with E-state index >= 15 is 0 Å². The van der Waals surface area contributed by atoms with E-state index in [1.807, 2.05) is 24.3 Å². The Balaban J connectivity index is 1.36. The zero-order chi connectivity index (χ0) is 23.2. The van der Waals surface area contributed by atoms with Gasteiger partial charge in [-0.05, 0) is 61.5 Å². The lowest BCUT2D eigenvalue weighted by Gasteiger charge is -2.33. The highest BCUT2D eigenvalue weighted by atomic mass is 32.1. The Morgan fingerprint density at radius 2 is 1.88 bits per heavy atom. The highest BCUT2D eigenvalue weighted by Crippen LogP contribution is 2.34. The zero-order valence-corrected chi connectivity index (χ0v) is 19.9. The first-order valence-electron chi connectivity index (χ1n) is 11.2. The smallest absolute Gasteiger partial charge is 0.320 e. The van der Waals surface area contributed by atoms with Crippen LogP contribution < -0.4 is 14.4 Å². The molecule has 0 aliphatic carbocycles. The van der Waals surface area contributed by atoms with E-state index in [9.17, 15) is 10.1 Å². The van der Waals surface area contributed by atoms with E-state index in [0.717, 1.165) is 54.5 Å². The number of nitrogens with zero attached hydrogens (tertiary/aromatic N) is 3. The van der Waals surface area contributed by atoms with Gasteiger partial charge in [-0.2, -0.15) is 5.26 Å². The zero-order valence-electron chi connectivity index (χ0n) is 19.1. The van der Waals surface area contributed by atoms with Crippen LogP contribution in [0.2, 0.25) is 0 Å². The fourth-order valence-electron chi connectivity index (χ4n) is 4.06. The van der Waals surface area contributed by atoms with Gasteiger partial charge < -0.3 is 19.1 Å². The number of nitriles is 1. The van der Waals surface area contributed by atoms with Gasteiger partial charge in [0.25, 0.3) is 0 Å². The van der Waals surface area contributed by atoms with Gasteiger partial charge in [0.2, 0.25) is 0 Å². The number of benzene rings is 1. The molecule has 33 heavy (non-hydrogen) atoms. The minimum absolute atomic E-state index is 0.00426. The lowest BCUT2D eigenvalue weighted by atomic mass is 10.1. The molecule has 0 bridgehead atoms. The van der Waals surface area contributed by atoms with Crippen molar-refractivity contribution in [2.24, 2.45) is 0 Å². The van der Waals surface area contributed by atoms with Gasteiger partial charge in [-0.1, -0.05) is 0 Å². The van der Waals surface area contributed by atoms with Crippen molar-refractivity contribution in [3.05, 3.63) is 40.8 Å². The van der Waals surface area contributed by atoms with Crippen LogP contribution in [0.3, 0.4) is 0 Å². The molecule has 8 heteroatoms. The van der Waals surface area contributed by atoms with Crippen molar-refractivity contribution in [3.8, 4) is 17.6 Å². The maximum absolute atomic E-state index is 12.1. The highest BCUT2D eigenvalue weighted by molar-refractivity contribution is 7.17. The lowest BCUT2D eigenvalue weighted by molar-refractivity contribution is -0.152. The molecule has 174 valence electrons. The van der Waals surface area contributed by atoms with Crippen LogP contribution in [0.1, 0.15) is 29.7 Å². The normalized spacial score (nSPS) is 17.2. The second-order valence-electron chi connectivity index (χ2n) is 8.22. The molecular formula is C25H29N3O4S. The van der Waals surface area contributed by atoms with Crippen LogP contribution >= 0.6 is 11.3 Å². The SMILES string of the molecule is COc1ccc(C(C#N)=Cc2ccc(N3CCC(OC(=O)CN4CCC4)CC3)s2)cc1OC. The summed E-state index contributed by atoms with van der Waals surface area (Å²) in [6, 6.07) is 11.9. The second kappa shape index (κ2) is 10.7. The summed E-state index contributed by atoms with van der Waals surface area (Å²) >= 11 is 1.66. The number of piperidine rings is 1. The standard InChI is InChI=1S/C25H29N3O4S/c1-30-22-6-4-18(15-23(22)31-2)19(16-26)14-21-5-7-24(33-21)28-12-8-20(9-13-28)32-25(29)17-27-10-3-11-27/h4-7,14-15,20H,3,8-13,17H2,1-2H3. The molecule has 2 aromatic rings. The minimum Gasteiger partial charge on any atom is -0.493 e. The van der Waals surface area contributed by atoms with Crippen molar-refractivity contribution in [1.29, 1.82) is 5.26 Å². The number of carbonyl (C=O) groups is 1. The number of hydrogen-bond acceptors (Lipinski definition) is 8. The number of carbonyl (C=O) groups excluding carboxylic acids is 1. The summed E-state index contributed by atoms with van der Waals surface area (Å²) in [6.45, 7) is 4.13. The molecule has 2 aliphatic heterocycles. The molecule has 0 radical (unpaired) electrons. The molecule has 0 atom stereocenters. The Labute approximate surface area is 198 Å². The van der Waals surface area contributed by atoms with Crippen LogP contribution in [0.4, 0.5) is 5.00 Å². The summed E-state index contributed by atoms with van der Waals surface area (Å²) in [7, 11) is 3.17. The van der Waals surface area contributed by atoms with Gasteiger partial charge in [0.1, 0.15) is 6.10 Å². The van der Waals surface area contributed by atoms with Gasteiger partial charge in [0.15, 0.2) is 11.5 Å². The van der Waals surface area contributed by atoms with E-state index in [1.165, 1.54) is 6.42 Å². The first-order valence-corrected chi connectivity index (χ1v) is 12.0. The molecule has 1 aromatic heterocycles. The van der Waals surface area contributed by atoms with Crippen molar-refractivity contribution >= 4 is 34.0 Å². The van der Waals surface area contributed by atoms with Crippen LogP contribution in [-0.2, 0) is 9.53 Å². The summed E-state index contributed by atoms with van der Waals surface area (Å²) in [6.07, 6.45) is 4.76. The van der Waals surface area contributed by atoms with E-state index in [4.69, 9.17) is 14.2 Å². The summed E-state index contributed by atoms with van der Waals surface area (Å²) < 4.78 is 16.3. The molecule has 2 saturated heterocycles. The Morgan fingerprint density at radius 3 is 2.52 bits per heavy atom. The predicted molar refractivity (Wildman–Crippen MR) is 130 cm³/mol. The summed E-state index contributed by atoms with van der Waals surface area (Å²) in [5.74, 6) is 1.12. The third-order valence-corrected chi connectivity index (χ3v) is 7.16. The van der Waals surface area contributed by atoms with Crippen molar-refractivity contribution < 1.29 is 19.0 Å². The molecule has 1 aromatic carbocycles. The monoisotopic (exact) mass is 467 g/mol. The van der Waals surface area contributed by atoms with Gasteiger partial charge in [-0.3, -0.25) is 9.69 Å². The maximum Gasteiger partial charge on any atom is 0.320 e. The number of thiophene rings is 1. The molecule has 3 heterocycles. The molecule has 7 nitrogen and oxygen atoms in total. The van der Waals surface area contributed by atoms with E-state index in [2.05, 4.69) is 21.9 Å². The fourth-order valence-corrected chi connectivity index (χ4v) is 5.06. The van der Waals surface area contributed by atoms with E-state index in [1.54, 1.807) is 31.6 Å². The minimum atomic E-state index is -0.101. The fraction of sp³-hybridized carbons (Fsp3) is 0.440. The van der Waals surface area contributed by atoms with Gasteiger partial charge in [0.05, 0.1) is 37.4 Å². The third kappa shape index (κ3) is 5.67. The van der Waals surface area contributed by atoms with Crippen LogP contribution in [-0.4, -0.2) is 63.9 Å². The summed E-state index contributed by atoms with van der Waals surface area (Å²) in [5, 5.41) is 10.9. The molecule has 2 aliphatic rings. The van der Waals surface area contributed by atoms with Crippen LogP contribution in [0, 0.1) is 11.3 Å². The quantitative estimate of drug-likeness (QED) is 0.428. The Kier molecular flexibility index (Phi) is 7.53. The molecule has 0 amide bonds. The molecular weight excluding hydrogens is 438 g/mol.